The van der Waals surface area contributed by atoms with E-state index in [1.165, 1.54) is 11.1 Å². The van der Waals surface area contributed by atoms with Gasteiger partial charge in [0, 0.05) is 12.2 Å². The molecule has 5 nitrogen and oxygen atoms in total. The third kappa shape index (κ3) is 2.83. The van der Waals surface area contributed by atoms with Crippen LogP contribution in [0.5, 0.6) is 5.75 Å². The minimum atomic E-state index is -0.202. The maximum atomic E-state index is 13.3. The number of hydrogen-bond acceptors (Lipinski definition) is 3. The van der Waals surface area contributed by atoms with Crippen LogP contribution in [0, 0.1) is 0 Å². The monoisotopic (exact) mass is 350 g/mol. The molecule has 0 saturated heterocycles. The Kier molecular flexibility index (Phi) is 4.15. The molecule has 2 aromatic carbocycles. The van der Waals surface area contributed by atoms with Gasteiger partial charge in [0.15, 0.2) is 12.4 Å². The number of para-hydroxylation sites is 1. The minimum absolute atomic E-state index is 0.0639. The van der Waals surface area contributed by atoms with Crippen LogP contribution < -0.4 is 15.0 Å². The number of fused-ring (bicyclic) bond motifs is 2. The van der Waals surface area contributed by atoms with E-state index in [-0.39, 0.29) is 18.4 Å². The third-order valence-corrected chi connectivity index (χ3v) is 5.00. The fraction of sp³-hybridized carbons (Fsp3) is 0.333. The zero-order valence-electron chi connectivity index (χ0n) is 15.0. The van der Waals surface area contributed by atoms with Crippen molar-refractivity contribution in [1.82, 2.24) is 0 Å². The molecule has 0 fully saturated rings. The normalized spacial score (nSPS) is 15.8. The van der Waals surface area contributed by atoms with Gasteiger partial charge in [-0.15, -0.1) is 0 Å². The smallest absolute Gasteiger partial charge is 0.262 e. The highest BCUT2D eigenvalue weighted by Gasteiger charge is 2.29. The number of nitrogens with zero attached hydrogens (tertiary/aromatic N) is 1. The fourth-order valence-electron chi connectivity index (χ4n) is 3.62. The van der Waals surface area contributed by atoms with Gasteiger partial charge in [-0.3, -0.25) is 9.59 Å². The molecule has 2 aliphatic rings. The number of aryl methyl sites for hydroxylation is 1. The maximum Gasteiger partial charge on any atom is 0.262 e. The summed E-state index contributed by atoms with van der Waals surface area (Å²) in [5, 5.41) is 2.76. The van der Waals surface area contributed by atoms with E-state index in [2.05, 4.69) is 37.4 Å². The van der Waals surface area contributed by atoms with Gasteiger partial charge in [-0.1, -0.05) is 32.0 Å². The van der Waals surface area contributed by atoms with Crippen molar-refractivity contribution in [2.24, 2.45) is 0 Å². The van der Waals surface area contributed by atoms with Gasteiger partial charge in [0.25, 0.3) is 11.8 Å². The number of anilines is 2. The van der Waals surface area contributed by atoms with Gasteiger partial charge in [-0.05, 0) is 48.1 Å². The van der Waals surface area contributed by atoms with Crippen LogP contribution in [0.2, 0.25) is 0 Å². The SMILES string of the molecule is CC(C)c1ccc2c(c1)CCCN2C(=O)c1cccc2c1OCC(=O)N2. The second kappa shape index (κ2) is 6.48. The van der Waals surface area contributed by atoms with Gasteiger partial charge in [0.1, 0.15) is 0 Å². The van der Waals surface area contributed by atoms with E-state index < -0.39 is 0 Å². The molecule has 0 saturated carbocycles. The number of carbonyl (C=O) groups is 2. The molecule has 0 aromatic heterocycles. The zero-order valence-corrected chi connectivity index (χ0v) is 15.0. The van der Waals surface area contributed by atoms with Crippen LogP contribution in [0.3, 0.4) is 0 Å². The lowest BCUT2D eigenvalue weighted by Crippen LogP contribution is -2.36. The van der Waals surface area contributed by atoms with E-state index in [4.69, 9.17) is 4.74 Å². The molecule has 0 atom stereocenters. The first-order valence-electron chi connectivity index (χ1n) is 9.05. The summed E-state index contributed by atoms with van der Waals surface area (Å²) in [6.07, 6.45) is 1.92. The van der Waals surface area contributed by atoms with Gasteiger partial charge in [-0.2, -0.15) is 0 Å². The number of nitrogens with one attached hydrogen (secondary N) is 1. The Balaban J connectivity index is 1.71. The molecule has 5 heteroatoms. The Morgan fingerprint density at radius 2 is 2.08 bits per heavy atom. The average molecular weight is 350 g/mol. The van der Waals surface area contributed by atoms with Crippen LogP contribution in [0.4, 0.5) is 11.4 Å². The highest BCUT2D eigenvalue weighted by Crippen LogP contribution is 2.36. The zero-order chi connectivity index (χ0) is 18.3. The lowest BCUT2D eigenvalue weighted by molar-refractivity contribution is -0.118. The number of benzene rings is 2. The first kappa shape index (κ1) is 16.6. The predicted octanol–water partition coefficient (Wildman–Crippen LogP) is 3.73. The predicted molar refractivity (Wildman–Crippen MR) is 101 cm³/mol. The first-order valence-corrected chi connectivity index (χ1v) is 9.05. The summed E-state index contributed by atoms with van der Waals surface area (Å²) in [6, 6.07) is 11.7. The van der Waals surface area contributed by atoms with Crippen LogP contribution >= 0.6 is 0 Å². The van der Waals surface area contributed by atoms with Crippen molar-refractivity contribution in [3.63, 3.8) is 0 Å². The number of carbonyl (C=O) groups excluding carboxylic acids is 2. The van der Waals surface area contributed by atoms with Crippen LogP contribution in [-0.4, -0.2) is 25.0 Å². The highest BCUT2D eigenvalue weighted by atomic mass is 16.5. The van der Waals surface area contributed by atoms with Crippen molar-refractivity contribution < 1.29 is 14.3 Å². The Morgan fingerprint density at radius 1 is 1.23 bits per heavy atom. The second-order valence-corrected chi connectivity index (χ2v) is 7.12. The van der Waals surface area contributed by atoms with E-state index >= 15 is 0 Å². The topological polar surface area (TPSA) is 58.6 Å². The molecule has 1 N–H and O–H groups in total. The van der Waals surface area contributed by atoms with Crippen LogP contribution in [0.25, 0.3) is 0 Å². The number of hydrogen-bond donors (Lipinski definition) is 1. The van der Waals surface area contributed by atoms with E-state index in [9.17, 15) is 9.59 Å². The summed E-state index contributed by atoms with van der Waals surface area (Å²) < 4.78 is 5.56. The Hall–Kier alpha value is -2.82. The molecule has 4 rings (SSSR count). The van der Waals surface area contributed by atoms with Gasteiger partial charge in [0.2, 0.25) is 0 Å². The first-order chi connectivity index (χ1) is 12.5. The Bertz CT molecular complexity index is 889. The van der Waals surface area contributed by atoms with E-state index in [1.807, 2.05) is 4.90 Å². The van der Waals surface area contributed by atoms with Crippen molar-refractivity contribution in [2.75, 3.05) is 23.4 Å². The molecule has 26 heavy (non-hydrogen) atoms. The molecule has 2 aliphatic heterocycles. The molecule has 2 amide bonds. The quantitative estimate of drug-likeness (QED) is 0.898. The molecule has 2 aromatic rings. The summed E-state index contributed by atoms with van der Waals surface area (Å²) in [4.78, 5) is 26.6. The summed E-state index contributed by atoms with van der Waals surface area (Å²) in [5.41, 5.74) is 4.53. The van der Waals surface area contributed by atoms with E-state index in [0.29, 0.717) is 29.5 Å². The number of ether oxygens (including phenoxy) is 1. The maximum absolute atomic E-state index is 13.3. The van der Waals surface area contributed by atoms with E-state index in [0.717, 1.165) is 18.5 Å². The van der Waals surface area contributed by atoms with Crippen molar-refractivity contribution in [2.45, 2.75) is 32.6 Å². The molecule has 2 heterocycles. The Morgan fingerprint density at radius 3 is 2.88 bits per heavy atom. The molecular weight excluding hydrogens is 328 g/mol. The molecule has 0 bridgehead atoms. The molecular formula is C21H22N2O3. The van der Waals surface area contributed by atoms with E-state index in [1.54, 1.807) is 18.2 Å². The minimum Gasteiger partial charge on any atom is -0.481 e. The van der Waals surface area contributed by atoms with Crippen LogP contribution in [0.1, 0.15) is 47.7 Å². The van der Waals surface area contributed by atoms with Crippen molar-refractivity contribution in [3.8, 4) is 5.75 Å². The Labute approximate surface area is 153 Å². The van der Waals surface area contributed by atoms with Crippen molar-refractivity contribution in [1.29, 1.82) is 0 Å². The average Bonchev–Trinajstić information content (AvgIpc) is 2.65. The standard InChI is InChI=1S/C21H22N2O3/c1-13(2)14-8-9-18-15(11-14)5-4-10-23(18)21(25)16-6-3-7-17-20(16)26-12-19(24)22-17/h3,6-9,11,13H,4-5,10,12H2,1-2H3,(H,22,24). The van der Waals surface area contributed by atoms with Gasteiger partial charge >= 0.3 is 0 Å². The summed E-state index contributed by atoms with van der Waals surface area (Å²) in [5.74, 6) is 0.635. The number of amides is 2. The largest absolute Gasteiger partial charge is 0.481 e. The highest BCUT2D eigenvalue weighted by molar-refractivity contribution is 6.10. The molecule has 134 valence electrons. The van der Waals surface area contributed by atoms with Gasteiger partial charge in [0.05, 0.1) is 11.3 Å². The lowest BCUT2D eigenvalue weighted by atomic mass is 9.94. The van der Waals surface area contributed by atoms with Crippen molar-refractivity contribution >= 4 is 23.2 Å². The second-order valence-electron chi connectivity index (χ2n) is 7.12. The van der Waals surface area contributed by atoms with Crippen molar-refractivity contribution in [3.05, 3.63) is 53.1 Å². The lowest BCUT2D eigenvalue weighted by Gasteiger charge is -2.31. The molecule has 0 radical (unpaired) electrons. The van der Waals surface area contributed by atoms with Gasteiger partial charge < -0.3 is 15.0 Å². The summed E-state index contributed by atoms with van der Waals surface area (Å²) in [7, 11) is 0. The fourth-order valence-corrected chi connectivity index (χ4v) is 3.62. The van der Waals surface area contributed by atoms with Crippen LogP contribution in [-0.2, 0) is 11.2 Å². The van der Waals surface area contributed by atoms with Crippen LogP contribution in [0.15, 0.2) is 36.4 Å². The number of rotatable bonds is 2. The molecule has 0 spiro atoms. The third-order valence-electron chi connectivity index (χ3n) is 5.00. The summed E-state index contributed by atoms with van der Waals surface area (Å²) >= 11 is 0. The summed E-state index contributed by atoms with van der Waals surface area (Å²) in [6.45, 7) is 4.97. The van der Waals surface area contributed by atoms with Gasteiger partial charge in [-0.25, -0.2) is 0 Å². The molecule has 0 aliphatic carbocycles. The molecule has 0 unspecified atom stereocenters.